The lowest BCUT2D eigenvalue weighted by atomic mass is 10.1. The summed E-state index contributed by atoms with van der Waals surface area (Å²) >= 11 is 0. The number of ether oxygens (including phenoxy) is 3. The molecule has 3 aliphatic rings. The molecule has 172 valence electrons. The standard InChI is InChI=1S/C24H21N5O5/c1-32-19-10-12(6-8-25-19)27-24(31)29-21-20-15-11-13(2-4-16(15)34-22(20)21)33-17-7-9-26-23-14(17)3-5-18(30)28-23/h2,4,6-11,20-22H,3,5H2,1H3,(H,26,28,30)(H2,25,27,29,31)/t20?,21-,22-/m0/s1. The third kappa shape index (κ3) is 3.62. The van der Waals surface area contributed by atoms with Gasteiger partial charge in [-0.15, -0.1) is 0 Å². The maximum absolute atomic E-state index is 12.5. The van der Waals surface area contributed by atoms with Crippen LogP contribution < -0.4 is 30.2 Å². The molecule has 3 N–H and O–H groups in total. The number of nitrogens with zero attached hydrogens (tertiary/aromatic N) is 2. The summed E-state index contributed by atoms with van der Waals surface area (Å²) in [5.41, 5.74) is 2.46. The van der Waals surface area contributed by atoms with Gasteiger partial charge in [0.15, 0.2) is 0 Å². The molecule has 0 bridgehead atoms. The lowest BCUT2D eigenvalue weighted by Crippen LogP contribution is -2.34. The van der Waals surface area contributed by atoms with Crippen LogP contribution in [0.1, 0.15) is 23.5 Å². The Morgan fingerprint density at radius 1 is 1.15 bits per heavy atom. The van der Waals surface area contributed by atoms with Crippen molar-refractivity contribution in [3.05, 3.63) is 59.9 Å². The number of pyridine rings is 2. The van der Waals surface area contributed by atoms with Gasteiger partial charge < -0.3 is 30.2 Å². The van der Waals surface area contributed by atoms with Gasteiger partial charge in [-0.2, -0.15) is 0 Å². The number of anilines is 2. The molecule has 0 radical (unpaired) electrons. The van der Waals surface area contributed by atoms with Crippen LogP contribution in [0, 0.1) is 0 Å². The minimum absolute atomic E-state index is 0.0442. The zero-order chi connectivity index (χ0) is 23.2. The Kier molecular flexibility index (Phi) is 4.72. The maximum atomic E-state index is 12.5. The number of aromatic nitrogens is 2. The molecule has 2 aliphatic heterocycles. The van der Waals surface area contributed by atoms with Crippen molar-refractivity contribution in [2.24, 2.45) is 0 Å². The van der Waals surface area contributed by atoms with E-state index < -0.39 is 0 Å². The van der Waals surface area contributed by atoms with Crippen molar-refractivity contribution in [3.63, 3.8) is 0 Å². The number of amides is 3. The molecule has 1 saturated carbocycles. The lowest BCUT2D eigenvalue weighted by molar-refractivity contribution is -0.116. The zero-order valence-electron chi connectivity index (χ0n) is 18.2. The van der Waals surface area contributed by atoms with E-state index in [1.807, 2.05) is 18.2 Å². The van der Waals surface area contributed by atoms with Crippen LogP contribution in [0.25, 0.3) is 0 Å². The first-order valence-corrected chi connectivity index (χ1v) is 10.9. The van der Waals surface area contributed by atoms with Crippen LogP contribution in [0.3, 0.4) is 0 Å². The van der Waals surface area contributed by atoms with E-state index in [4.69, 9.17) is 14.2 Å². The van der Waals surface area contributed by atoms with Gasteiger partial charge in [0, 0.05) is 41.7 Å². The Hall–Kier alpha value is -4.34. The Labute approximate surface area is 194 Å². The van der Waals surface area contributed by atoms with Gasteiger partial charge in [0.25, 0.3) is 0 Å². The first-order chi connectivity index (χ1) is 16.6. The molecule has 1 unspecified atom stereocenters. The predicted octanol–water partition coefficient (Wildman–Crippen LogP) is 3.21. The molecule has 6 rings (SSSR count). The van der Waals surface area contributed by atoms with E-state index in [1.54, 1.807) is 30.6 Å². The molecule has 1 aliphatic carbocycles. The fraction of sp³-hybridized carbons (Fsp3) is 0.250. The molecule has 1 fully saturated rings. The molecule has 10 heteroatoms. The van der Waals surface area contributed by atoms with Gasteiger partial charge in [-0.1, -0.05) is 0 Å². The SMILES string of the molecule is COc1cc(NC(=O)N[C@H]2C3c4cc(Oc5ccnc6c5CCC(=O)N6)ccc4O[C@@H]32)ccn1. The van der Waals surface area contributed by atoms with Crippen molar-refractivity contribution in [1.82, 2.24) is 15.3 Å². The van der Waals surface area contributed by atoms with Gasteiger partial charge in [0.2, 0.25) is 11.8 Å². The van der Waals surface area contributed by atoms with Crippen LogP contribution in [0.4, 0.5) is 16.3 Å². The number of carbonyl (C=O) groups excluding carboxylic acids is 2. The maximum Gasteiger partial charge on any atom is 0.319 e. The summed E-state index contributed by atoms with van der Waals surface area (Å²) in [4.78, 5) is 32.4. The van der Waals surface area contributed by atoms with E-state index in [2.05, 4.69) is 25.9 Å². The predicted molar refractivity (Wildman–Crippen MR) is 122 cm³/mol. The Morgan fingerprint density at radius 3 is 2.91 bits per heavy atom. The fourth-order valence-corrected chi connectivity index (χ4v) is 4.47. The lowest BCUT2D eigenvalue weighted by Gasteiger charge is -2.19. The second-order valence-corrected chi connectivity index (χ2v) is 8.31. The number of rotatable bonds is 5. The molecule has 3 aromatic rings. The van der Waals surface area contributed by atoms with Crippen molar-refractivity contribution < 1.29 is 23.8 Å². The average Bonchev–Trinajstić information content (AvgIpc) is 3.35. The summed E-state index contributed by atoms with van der Waals surface area (Å²) in [6.45, 7) is 0. The molecular formula is C24H21N5O5. The van der Waals surface area contributed by atoms with Crippen molar-refractivity contribution in [1.29, 1.82) is 0 Å². The van der Waals surface area contributed by atoms with Crippen LogP contribution in [-0.4, -0.2) is 41.2 Å². The van der Waals surface area contributed by atoms with Crippen LogP contribution in [0.15, 0.2) is 48.8 Å². The number of benzene rings is 1. The van der Waals surface area contributed by atoms with Gasteiger partial charge in [-0.25, -0.2) is 14.8 Å². The highest BCUT2D eigenvalue weighted by molar-refractivity contribution is 5.93. The monoisotopic (exact) mass is 459 g/mol. The van der Waals surface area contributed by atoms with E-state index in [0.29, 0.717) is 41.7 Å². The number of fused-ring (bicyclic) bond motifs is 4. The van der Waals surface area contributed by atoms with E-state index in [1.165, 1.54) is 7.11 Å². The van der Waals surface area contributed by atoms with Gasteiger partial charge in [-0.3, -0.25) is 4.79 Å². The molecular weight excluding hydrogens is 438 g/mol. The summed E-state index contributed by atoms with van der Waals surface area (Å²) in [5.74, 6) is 3.10. The van der Waals surface area contributed by atoms with Crippen molar-refractivity contribution in [2.45, 2.75) is 30.9 Å². The number of methoxy groups -OCH3 is 1. The van der Waals surface area contributed by atoms with Crippen molar-refractivity contribution >= 4 is 23.4 Å². The largest absolute Gasteiger partial charge is 0.487 e. The molecule has 1 aromatic carbocycles. The van der Waals surface area contributed by atoms with Gasteiger partial charge in [-0.05, 0) is 36.8 Å². The van der Waals surface area contributed by atoms with Crippen molar-refractivity contribution in [2.75, 3.05) is 17.7 Å². The molecule has 3 amide bonds. The highest BCUT2D eigenvalue weighted by Crippen LogP contribution is 2.54. The van der Waals surface area contributed by atoms with Gasteiger partial charge >= 0.3 is 6.03 Å². The summed E-state index contributed by atoms with van der Waals surface area (Å²) in [6, 6.07) is 10.4. The second kappa shape index (κ2) is 7.91. The zero-order valence-corrected chi connectivity index (χ0v) is 18.2. The summed E-state index contributed by atoms with van der Waals surface area (Å²) < 4.78 is 17.2. The van der Waals surface area contributed by atoms with E-state index in [9.17, 15) is 9.59 Å². The molecule has 34 heavy (non-hydrogen) atoms. The normalized spacial score (nSPS) is 21.2. The van der Waals surface area contributed by atoms with Gasteiger partial charge in [0.05, 0.1) is 19.1 Å². The molecule has 3 atom stereocenters. The molecule has 10 nitrogen and oxygen atoms in total. The number of urea groups is 1. The first-order valence-electron chi connectivity index (χ1n) is 10.9. The third-order valence-corrected chi connectivity index (χ3v) is 6.16. The quantitative estimate of drug-likeness (QED) is 0.535. The second-order valence-electron chi connectivity index (χ2n) is 8.31. The number of hydrogen-bond acceptors (Lipinski definition) is 7. The third-order valence-electron chi connectivity index (χ3n) is 6.16. The number of carbonyl (C=O) groups is 2. The summed E-state index contributed by atoms with van der Waals surface area (Å²) in [6.07, 6.45) is 4.05. The van der Waals surface area contributed by atoms with Crippen LogP contribution >= 0.6 is 0 Å². The number of hydrogen-bond donors (Lipinski definition) is 3. The minimum Gasteiger partial charge on any atom is -0.487 e. The van der Waals surface area contributed by atoms with Crippen molar-refractivity contribution in [3.8, 4) is 23.1 Å². The van der Waals surface area contributed by atoms with Crippen LogP contribution in [-0.2, 0) is 11.2 Å². The Balaban J connectivity index is 1.14. The smallest absolute Gasteiger partial charge is 0.319 e. The summed E-state index contributed by atoms with van der Waals surface area (Å²) in [7, 11) is 1.52. The molecule has 0 spiro atoms. The van der Waals surface area contributed by atoms with Crippen LogP contribution in [0.5, 0.6) is 23.1 Å². The number of nitrogens with one attached hydrogen (secondary N) is 3. The van der Waals surface area contributed by atoms with E-state index in [-0.39, 0.29) is 30.0 Å². The average molecular weight is 459 g/mol. The van der Waals surface area contributed by atoms with E-state index in [0.717, 1.165) is 16.9 Å². The Morgan fingerprint density at radius 2 is 2.03 bits per heavy atom. The fourth-order valence-electron chi connectivity index (χ4n) is 4.47. The highest BCUT2D eigenvalue weighted by atomic mass is 16.5. The van der Waals surface area contributed by atoms with E-state index >= 15 is 0 Å². The van der Waals surface area contributed by atoms with Crippen LogP contribution in [0.2, 0.25) is 0 Å². The summed E-state index contributed by atoms with van der Waals surface area (Å²) in [5, 5.41) is 8.55. The molecule has 0 saturated heterocycles. The topological polar surface area (TPSA) is 124 Å². The Bertz CT molecular complexity index is 1310. The molecule has 2 aromatic heterocycles. The minimum atomic E-state index is -0.323. The first kappa shape index (κ1) is 20.3. The van der Waals surface area contributed by atoms with Gasteiger partial charge in [0.1, 0.15) is 29.2 Å². The molecule has 4 heterocycles. The highest BCUT2D eigenvalue weighted by Gasteiger charge is 2.59.